The second kappa shape index (κ2) is 6.85. The van der Waals surface area contributed by atoms with E-state index in [9.17, 15) is 14.7 Å². The fraction of sp³-hybridized carbons (Fsp3) is 0.300. The van der Waals surface area contributed by atoms with Gasteiger partial charge in [-0.15, -0.1) is 0 Å². The molecule has 0 radical (unpaired) electrons. The van der Waals surface area contributed by atoms with Gasteiger partial charge in [0.05, 0.1) is 18.7 Å². The Labute approximate surface area is 160 Å². The number of fused-ring (bicyclic) bond motifs is 1. The van der Waals surface area contributed by atoms with Gasteiger partial charge in [0.1, 0.15) is 6.54 Å². The van der Waals surface area contributed by atoms with E-state index in [-0.39, 0.29) is 43.0 Å². The first kappa shape index (κ1) is 17.2. The number of halogens is 1. The maximum absolute atomic E-state index is 12.8. The van der Waals surface area contributed by atoms with Crippen molar-refractivity contribution in [3.63, 3.8) is 0 Å². The number of aliphatic hydroxyl groups is 1. The number of carbonyl (C=O) groups excluding carboxylic acids is 2. The minimum Gasteiger partial charge on any atom is -0.394 e. The summed E-state index contributed by atoms with van der Waals surface area (Å²) in [5, 5.41) is 9.80. The van der Waals surface area contributed by atoms with Gasteiger partial charge in [0.15, 0.2) is 0 Å². The third-order valence-electron chi connectivity index (χ3n) is 5.32. The molecule has 2 aromatic rings. The molecule has 4 rings (SSSR count). The third-order valence-corrected chi connectivity index (χ3v) is 5.84. The summed E-state index contributed by atoms with van der Waals surface area (Å²) in [4.78, 5) is 28.8. The minimum atomic E-state index is -0.220. The van der Waals surface area contributed by atoms with Crippen LogP contribution in [0.5, 0.6) is 0 Å². The highest BCUT2D eigenvalue weighted by atomic mass is 79.9. The van der Waals surface area contributed by atoms with E-state index in [4.69, 9.17) is 0 Å². The minimum absolute atomic E-state index is 0.0309. The molecule has 134 valence electrons. The maximum Gasteiger partial charge on any atom is 0.254 e. The van der Waals surface area contributed by atoms with Crippen LogP contribution in [0.25, 0.3) is 0 Å². The van der Waals surface area contributed by atoms with E-state index in [0.717, 1.165) is 10.0 Å². The third kappa shape index (κ3) is 2.83. The predicted molar refractivity (Wildman–Crippen MR) is 101 cm³/mol. The van der Waals surface area contributed by atoms with Crippen LogP contribution in [0.1, 0.15) is 21.8 Å². The molecule has 6 heteroatoms. The zero-order chi connectivity index (χ0) is 18.3. The van der Waals surface area contributed by atoms with Crippen LogP contribution in [0.15, 0.2) is 59.1 Å². The number of rotatable bonds is 3. The molecule has 2 aromatic carbocycles. The molecule has 1 N–H and O–H groups in total. The molecule has 2 fully saturated rings. The highest BCUT2D eigenvalue weighted by Gasteiger charge is 2.54. The number of benzene rings is 2. The molecule has 0 unspecified atom stereocenters. The summed E-state index contributed by atoms with van der Waals surface area (Å²) in [7, 11) is 0. The molecule has 5 nitrogen and oxygen atoms in total. The Morgan fingerprint density at radius 3 is 2.46 bits per heavy atom. The van der Waals surface area contributed by atoms with Crippen molar-refractivity contribution in [3.05, 3.63) is 70.2 Å². The van der Waals surface area contributed by atoms with Crippen LogP contribution in [0.2, 0.25) is 0 Å². The molecule has 2 aliphatic rings. The van der Waals surface area contributed by atoms with Crippen LogP contribution in [0.4, 0.5) is 0 Å². The van der Waals surface area contributed by atoms with E-state index in [1.54, 1.807) is 21.9 Å². The average molecular weight is 415 g/mol. The SMILES string of the molecule is O=C(c1ccccc1)N1CC(=O)N2[C@@H](CO)[C@@H](c3ccc(Br)cc3)[C@@H]2C1. The zero-order valence-corrected chi connectivity index (χ0v) is 15.7. The molecule has 0 aliphatic carbocycles. The summed E-state index contributed by atoms with van der Waals surface area (Å²) in [5.74, 6) is -0.193. The lowest BCUT2D eigenvalue weighted by Gasteiger charge is -2.58. The first-order valence-electron chi connectivity index (χ1n) is 8.62. The molecule has 0 spiro atoms. The summed E-state index contributed by atoms with van der Waals surface area (Å²) < 4.78 is 0.985. The van der Waals surface area contributed by atoms with Crippen LogP contribution in [-0.4, -0.2) is 58.5 Å². The predicted octanol–water partition coefficient (Wildman–Crippen LogP) is 2.26. The van der Waals surface area contributed by atoms with Gasteiger partial charge in [-0.25, -0.2) is 0 Å². The molecular weight excluding hydrogens is 396 g/mol. The Kier molecular flexibility index (Phi) is 4.54. The van der Waals surface area contributed by atoms with Crippen molar-refractivity contribution in [1.29, 1.82) is 0 Å². The van der Waals surface area contributed by atoms with Gasteiger partial charge in [-0.1, -0.05) is 46.3 Å². The Bertz CT molecular complexity index is 825. The Morgan fingerprint density at radius 2 is 1.81 bits per heavy atom. The van der Waals surface area contributed by atoms with E-state index >= 15 is 0 Å². The van der Waals surface area contributed by atoms with Crippen molar-refractivity contribution in [1.82, 2.24) is 9.80 Å². The number of piperazine rings is 1. The van der Waals surface area contributed by atoms with Gasteiger partial charge in [0.25, 0.3) is 5.91 Å². The standard InChI is InChI=1S/C20H19BrN2O3/c21-15-8-6-13(7-9-15)19-16-10-22(11-18(25)23(16)17(19)12-24)20(26)14-4-2-1-3-5-14/h1-9,16-17,19,24H,10-12H2/t16-,17-,19-/m0/s1. The monoisotopic (exact) mass is 414 g/mol. The van der Waals surface area contributed by atoms with E-state index in [0.29, 0.717) is 12.1 Å². The number of amides is 2. The van der Waals surface area contributed by atoms with Gasteiger partial charge in [0, 0.05) is 22.5 Å². The molecule has 0 saturated carbocycles. The Morgan fingerprint density at radius 1 is 1.12 bits per heavy atom. The molecule has 0 aromatic heterocycles. The van der Waals surface area contributed by atoms with E-state index in [1.165, 1.54) is 0 Å². The van der Waals surface area contributed by atoms with Crippen LogP contribution in [0, 0.1) is 0 Å². The maximum atomic E-state index is 12.8. The lowest BCUT2D eigenvalue weighted by atomic mass is 9.73. The van der Waals surface area contributed by atoms with Crippen LogP contribution < -0.4 is 0 Å². The number of nitrogens with zero attached hydrogens (tertiary/aromatic N) is 2. The fourth-order valence-corrected chi connectivity index (χ4v) is 4.37. The smallest absolute Gasteiger partial charge is 0.254 e. The van der Waals surface area contributed by atoms with Gasteiger partial charge in [-0.2, -0.15) is 0 Å². The molecule has 2 aliphatic heterocycles. The number of aliphatic hydroxyl groups excluding tert-OH is 1. The number of hydrogen-bond donors (Lipinski definition) is 1. The highest BCUT2D eigenvalue weighted by Crippen LogP contribution is 2.43. The van der Waals surface area contributed by atoms with Crippen molar-refractivity contribution in [2.75, 3.05) is 19.7 Å². The van der Waals surface area contributed by atoms with Crippen molar-refractivity contribution < 1.29 is 14.7 Å². The molecule has 3 atom stereocenters. The quantitative estimate of drug-likeness (QED) is 0.837. The molecule has 26 heavy (non-hydrogen) atoms. The van der Waals surface area contributed by atoms with Crippen LogP contribution in [0.3, 0.4) is 0 Å². The van der Waals surface area contributed by atoms with E-state index < -0.39 is 0 Å². The largest absolute Gasteiger partial charge is 0.394 e. The van der Waals surface area contributed by atoms with Crippen LogP contribution >= 0.6 is 15.9 Å². The summed E-state index contributed by atoms with van der Waals surface area (Å²) >= 11 is 3.43. The molecule has 2 heterocycles. The van der Waals surface area contributed by atoms with E-state index in [2.05, 4.69) is 15.9 Å². The van der Waals surface area contributed by atoms with Crippen molar-refractivity contribution in [2.45, 2.75) is 18.0 Å². The average Bonchev–Trinajstić information content (AvgIpc) is 2.65. The molecule has 2 amide bonds. The number of carbonyl (C=O) groups is 2. The fourth-order valence-electron chi connectivity index (χ4n) is 4.10. The van der Waals surface area contributed by atoms with Gasteiger partial charge in [-0.05, 0) is 29.8 Å². The first-order valence-corrected chi connectivity index (χ1v) is 9.41. The summed E-state index contributed by atoms with van der Waals surface area (Å²) in [6.07, 6.45) is 0. The number of hydrogen-bond acceptors (Lipinski definition) is 3. The normalized spacial score (nSPS) is 24.8. The van der Waals surface area contributed by atoms with Crippen molar-refractivity contribution in [3.8, 4) is 0 Å². The van der Waals surface area contributed by atoms with Crippen molar-refractivity contribution >= 4 is 27.7 Å². The Balaban J connectivity index is 1.59. The Hall–Kier alpha value is -2.18. The van der Waals surface area contributed by atoms with Crippen molar-refractivity contribution in [2.24, 2.45) is 0 Å². The van der Waals surface area contributed by atoms with Gasteiger partial charge >= 0.3 is 0 Å². The second-order valence-electron chi connectivity index (χ2n) is 6.75. The topological polar surface area (TPSA) is 60.9 Å². The summed E-state index contributed by atoms with van der Waals surface area (Å²) in [6.45, 7) is 0.472. The van der Waals surface area contributed by atoms with Gasteiger partial charge < -0.3 is 14.9 Å². The van der Waals surface area contributed by atoms with Gasteiger partial charge in [-0.3, -0.25) is 9.59 Å². The van der Waals surface area contributed by atoms with Gasteiger partial charge in [0.2, 0.25) is 5.91 Å². The lowest BCUT2D eigenvalue weighted by Crippen LogP contribution is -2.73. The molecule has 2 saturated heterocycles. The van der Waals surface area contributed by atoms with Crippen LogP contribution in [-0.2, 0) is 4.79 Å². The summed E-state index contributed by atoms with van der Waals surface area (Å²) in [5.41, 5.74) is 1.67. The second-order valence-corrected chi connectivity index (χ2v) is 7.66. The molecular formula is C20H19BrN2O3. The first-order chi connectivity index (χ1) is 12.6. The van der Waals surface area contributed by atoms with E-state index in [1.807, 2.05) is 42.5 Å². The summed E-state index contributed by atoms with van der Waals surface area (Å²) in [6, 6.07) is 16.7. The zero-order valence-electron chi connectivity index (χ0n) is 14.1. The highest BCUT2D eigenvalue weighted by molar-refractivity contribution is 9.10. The lowest BCUT2D eigenvalue weighted by molar-refractivity contribution is -0.159. The molecule has 0 bridgehead atoms.